The highest BCUT2D eigenvalue weighted by Gasteiger charge is 2.30. The normalized spacial score (nSPS) is 26.0. The van der Waals surface area contributed by atoms with Gasteiger partial charge in [0.15, 0.2) is 0 Å². The molecule has 1 aromatic heterocycles. The van der Waals surface area contributed by atoms with Crippen molar-refractivity contribution < 1.29 is 0 Å². The van der Waals surface area contributed by atoms with Crippen molar-refractivity contribution >= 4 is 23.7 Å². The molecule has 0 aromatic carbocycles. The minimum atomic E-state index is 0. The van der Waals surface area contributed by atoms with Crippen molar-refractivity contribution in [3.63, 3.8) is 0 Å². The van der Waals surface area contributed by atoms with Gasteiger partial charge in [0.2, 0.25) is 0 Å². The van der Waals surface area contributed by atoms with Gasteiger partial charge in [-0.05, 0) is 38.6 Å². The number of nitrogens with two attached hydrogens (primary N) is 1. The molecule has 2 aliphatic rings. The molecule has 1 aliphatic carbocycles. The Bertz CT molecular complexity index is 389. The molecule has 1 saturated heterocycles. The summed E-state index contributed by atoms with van der Waals surface area (Å²) in [6, 6.07) is 0.337. The third kappa shape index (κ3) is 3.05. The molecule has 3 rings (SSSR count). The SMILES string of the molecule is CC(N)C1CCN(Cc2scnc2C2CC2)C1.Cl. The molecule has 0 radical (unpaired) electrons. The zero-order chi connectivity index (χ0) is 11.8. The lowest BCUT2D eigenvalue weighted by Gasteiger charge is -2.17. The first-order chi connectivity index (χ1) is 8.24. The van der Waals surface area contributed by atoms with E-state index in [1.807, 2.05) is 16.8 Å². The van der Waals surface area contributed by atoms with Crippen molar-refractivity contribution in [1.29, 1.82) is 0 Å². The Morgan fingerprint density at radius 3 is 2.89 bits per heavy atom. The van der Waals surface area contributed by atoms with Crippen molar-refractivity contribution in [2.45, 2.75) is 44.7 Å². The van der Waals surface area contributed by atoms with E-state index in [-0.39, 0.29) is 12.4 Å². The van der Waals surface area contributed by atoms with E-state index in [0.29, 0.717) is 12.0 Å². The standard InChI is InChI=1S/C13H21N3S.ClH/c1-9(14)11-4-5-16(6-11)7-12-13(10-2-3-10)15-8-17-12;/h8-11H,2-7,14H2,1H3;1H. The van der Waals surface area contributed by atoms with Crippen molar-refractivity contribution in [3.05, 3.63) is 16.1 Å². The van der Waals surface area contributed by atoms with Gasteiger partial charge in [-0.25, -0.2) is 4.98 Å². The molecule has 18 heavy (non-hydrogen) atoms. The van der Waals surface area contributed by atoms with E-state index >= 15 is 0 Å². The Morgan fingerprint density at radius 2 is 2.28 bits per heavy atom. The highest BCUT2D eigenvalue weighted by Crippen LogP contribution is 2.42. The number of hydrogen-bond donors (Lipinski definition) is 1. The van der Waals surface area contributed by atoms with Gasteiger partial charge in [0.05, 0.1) is 11.2 Å². The second-order valence-corrected chi connectivity index (χ2v) is 6.52. The van der Waals surface area contributed by atoms with Crippen LogP contribution in [-0.4, -0.2) is 29.0 Å². The van der Waals surface area contributed by atoms with Gasteiger partial charge in [-0.15, -0.1) is 23.7 Å². The van der Waals surface area contributed by atoms with Crippen molar-refractivity contribution in [2.75, 3.05) is 13.1 Å². The Labute approximate surface area is 119 Å². The van der Waals surface area contributed by atoms with E-state index in [1.165, 1.54) is 42.9 Å². The Kier molecular flexibility index (Phi) is 4.64. The van der Waals surface area contributed by atoms with Gasteiger partial charge >= 0.3 is 0 Å². The van der Waals surface area contributed by atoms with Gasteiger partial charge < -0.3 is 5.73 Å². The number of thiazole rings is 1. The number of hydrogen-bond acceptors (Lipinski definition) is 4. The van der Waals surface area contributed by atoms with E-state index in [9.17, 15) is 0 Å². The molecule has 2 atom stereocenters. The predicted molar refractivity (Wildman–Crippen MR) is 78.4 cm³/mol. The minimum absolute atomic E-state index is 0. The smallest absolute Gasteiger partial charge is 0.0798 e. The number of aromatic nitrogens is 1. The Balaban J connectivity index is 0.00000120. The first-order valence-electron chi connectivity index (χ1n) is 6.64. The van der Waals surface area contributed by atoms with E-state index in [0.717, 1.165) is 12.5 Å². The van der Waals surface area contributed by atoms with E-state index < -0.39 is 0 Å². The van der Waals surface area contributed by atoms with Gasteiger partial charge in [0.1, 0.15) is 0 Å². The van der Waals surface area contributed by atoms with E-state index in [4.69, 9.17) is 5.73 Å². The molecule has 2 N–H and O–H groups in total. The summed E-state index contributed by atoms with van der Waals surface area (Å²) in [5.74, 6) is 1.47. The first-order valence-corrected chi connectivity index (χ1v) is 7.52. The fourth-order valence-electron chi connectivity index (χ4n) is 2.73. The van der Waals surface area contributed by atoms with Crippen LogP contribution < -0.4 is 5.73 Å². The van der Waals surface area contributed by atoms with Gasteiger partial charge in [-0.1, -0.05) is 0 Å². The molecule has 3 nitrogen and oxygen atoms in total. The van der Waals surface area contributed by atoms with Crippen LogP contribution in [0.25, 0.3) is 0 Å². The van der Waals surface area contributed by atoms with Gasteiger partial charge in [-0.3, -0.25) is 4.90 Å². The lowest BCUT2D eigenvalue weighted by atomic mass is 10.0. The van der Waals surface area contributed by atoms with Crippen molar-refractivity contribution in [1.82, 2.24) is 9.88 Å². The summed E-state index contributed by atoms with van der Waals surface area (Å²) < 4.78 is 0. The number of rotatable bonds is 4. The summed E-state index contributed by atoms with van der Waals surface area (Å²) >= 11 is 1.83. The maximum Gasteiger partial charge on any atom is 0.0798 e. The predicted octanol–water partition coefficient (Wildman–Crippen LogP) is 2.61. The Morgan fingerprint density at radius 1 is 1.50 bits per heavy atom. The molecule has 2 unspecified atom stereocenters. The molecular weight excluding hydrogens is 266 g/mol. The average Bonchev–Trinajstić information content (AvgIpc) is 2.86. The van der Waals surface area contributed by atoms with Gasteiger partial charge in [0.25, 0.3) is 0 Å². The van der Waals surface area contributed by atoms with Crippen molar-refractivity contribution in [3.8, 4) is 0 Å². The van der Waals surface area contributed by atoms with E-state index in [1.54, 1.807) is 0 Å². The third-order valence-electron chi connectivity index (χ3n) is 4.06. The molecule has 0 amide bonds. The molecule has 1 aromatic rings. The number of halogens is 1. The molecule has 1 saturated carbocycles. The topological polar surface area (TPSA) is 42.1 Å². The van der Waals surface area contributed by atoms with Gasteiger partial charge in [-0.2, -0.15) is 0 Å². The van der Waals surface area contributed by atoms with Crippen LogP contribution in [0.15, 0.2) is 5.51 Å². The summed E-state index contributed by atoms with van der Waals surface area (Å²) in [6.07, 6.45) is 3.95. The monoisotopic (exact) mass is 287 g/mol. The fourth-order valence-corrected chi connectivity index (χ4v) is 3.62. The lowest BCUT2D eigenvalue weighted by Crippen LogP contribution is -2.29. The number of likely N-dealkylation sites (tertiary alicyclic amines) is 1. The molecule has 2 heterocycles. The zero-order valence-corrected chi connectivity index (χ0v) is 12.5. The van der Waals surface area contributed by atoms with Crippen LogP contribution in [-0.2, 0) is 6.54 Å². The minimum Gasteiger partial charge on any atom is -0.328 e. The summed E-state index contributed by atoms with van der Waals surface area (Å²) in [5.41, 5.74) is 9.39. The summed E-state index contributed by atoms with van der Waals surface area (Å²) in [5, 5.41) is 0. The van der Waals surface area contributed by atoms with Crippen molar-refractivity contribution in [2.24, 2.45) is 11.7 Å². The largest absolute Gasteiger partial charge is 0.328 e. The zero-order valence-electron chi connectivity index (χ0n) is 10.8. The lowest BCUT2D eigenvalue weighted by molar-refractivity contribution is 0.310. The molecule has 0 spiro atoms. The van der Waals surface area contributed by atoms with Crippen LogP contribution in [0, 0.1) is 5.92 Å². The molecule has 102 valence electrons. The first kappa shape index (κ1) is 14.3. The average molecular weight is 288 g/mol. The van der Waals surface area contributed by atoms with Crippen LogP contribution in [0.2, 0.25) is 0 Å². The molecule has 5 heteroatoms. The van der Waals surface area contributed by atoms with Crippen LogP contribution >= 0.6 is 23.7 Å². The summed E-state index contributed by atoms with van der Waals surface area (Å²) in [7, 11) is 0. The second-order valence-electron chi connectivity index (χ2n) is 5.58. The van der Waals surface area contributed by atoms with Crippen LogP contribution in [0.4, 0.5) is 0 Å². The maximum absolute atomic E-state index is 5.99. The maximum atomic E-state index is 5.99. The second kappa shape index (κ2) is 5.87. The van der Waals surface area contributed by atoms with Crippen LogP contribution in [0.1, 0.15) is 42.7 Å². The Hall–Kier alpha value is -0.160. The van der Waals surface area contributed by atoms with E-state index in [2.05, 4.69) is 16.8 Å². The molecule has 2 fully saturated rings. The fraction of sp³-hybridized carbons (Fsp3) is 0.769. The van der Waals surface area contributed by atoms with Crippen LogP contribution in [0.5, 0.6) is 0 Å². The highest BCUT2D eigenvalue weighted by molar-refractivity contribution is 7.09. The molecular formula is C13H22ClN3S. The van der Waals surface area contributed by atoms with Crippen LogP contribution in [0.3, 0.4) is 0 Å². The van der Waals surface area contributed by atoms with Gasteiger partial charge in [0, 0.05) is 29.9 Å². The third-order valence-corrected chi connectivity index (χ3v) is 4.89. The molecule has 1 aliphatic heterocycles. The summed E-state index contributed by atoms with van der Waals surface area (Å²) in [4.78, 5) is 8.59. The highest BCUT2D eigenvalue weighted by atomic mass is 35.5. The summed E-state index contributed by atoms with van der Waals surface area (Å²) in [6.45, 7) is 5.60. The molecule has 0 bridgehead atoms. The number of nitrogens with zero attached hydrogens (tertiary/aromatic N) is 2. The quantitative estimate of drug-likeness (QED) is 0.926.